The zero-order valence-corrected chi connectivity index (χ0v) is 18.6. The first-order chi connectivity index (χ1) is 13.8. The van der Waals surface area contributed by atoms with E-state index in [-0.39, 0.29) is 46.8 Å². The van der Waals surface area contributed by atoms with E-state index < -0.39 is 0 Å². The summed E-state index contributed by atoms with van der Waals surface area (Å²) in [5.74, 6) is 0.0723. The van der Waals surface area contributed by atoms with Gasteiger partial charge in [0.05, 0.1) is 0 Å². The summed E-state index contributed by atoms with van der Waals surface area (Å²) in [6.45, 7) is 0. The fourth-order valence-corrected chi connectivity index (χ4v) is 5.95. The number of hydrogen-bond acceptors (Lipinski definition) is 3. The molecule has 0 saturated heterocycles. The molecule has 0 unspecified atom stereocenters. The number of halogens is 3. The Balaban J connectivity index is 1.93. The Morgan fingerprint density at radius 2 is 1.00 bits per heavy atom. The maximum absolute atomic E-state index is 9.78. The quantitative estimate of drug-likeness (QED) is 0.265. The first-order valence-electron chi connectivity index (χ1n) is 8.44. The average molecular weight is 511 g/mol. The van der Waals surface area contributed by atoms with E-state index in [2.05, 4.69) is 6.07 Å². The summed E-state index contributed by atoms with van der Waals surface area (Å²) in [5.41, 5.74) is 3.61. The second-order valence-corrected chi connectivity index (χ2v) is 9.78. The number of phenols is 3. The van der Waals surface area contributed by atoms with E-state index in [4.69, 9.17) is 34.8 Å². The Morgan fingerprint density at radius 1 is 0.552 bits per heavy atom. The van der Waals surface area contributed by atoms with E-state index in [0.29, 0.717) is 0 Å². The van der Waals surface area contributed by atoms with Crippen molar-refractivity contribution >= 4 is 49.3 Å². The molecule has 29 heavy (non-hydrogen) atoms. The zero-order chi connectivity index (χ0) is 20.7. The number of aromatic hydroxyl groups is 3. The van der Waals surface area contributed by atoms with Crippen molar-refractivity contribution in [3.63, 3.8) is 0 Å². The number of phenolic OH excluding ortho intramolecular Hbond substituents is 3. The van der Waals surface area contributed by atoms with Gasteiger partial charge in [0.1, 0.15) is 0 Å². The van der Waals surface area contributed by atoms with Gasteiger partial charge >= 0.3 is 189 Å². The fraction of sp³-hybridized carbons (Fsp3) is 0. The van der Waals surface area contributed by atoms with Crippen LogP contribution in [-0.2, 0) is 0 Å². The van der Waals surface area contributed by atoms with Gasteiger partial charge in [-0.15, -0.1) is 0 Å². The molecule has 0 aliphatic rings. The molecular formula is C22H13Cl3O3Se. The number of benzene rings is 3. The van der Waals surface area contributed by atoms with Gasteiger partial charge in [-0.3, -0.25) is 0 Å². The molecule has 3 nitrogen and oxygen atoms in total. The summed E-state index contributed by atoms with van der Waals surface area (Å²) < 4.78 is 2.12. The van der Waals surface area contributed by atoms with E-state index in [1.54, 1.807) is 42.5 Å². The van der Waals surface area contributed by atoms with Crippen LogP contribution in [0, 0.1) is 0 Å². The van der Waals surface area contributed by atoms with Crippen LogP contribution in [0.25, 0.3) is 31.1 Å². The number of rotatable bonds is 3. The molecule has 1 heterocycles. The standard InChI is InChI=1S/C22H13Cl3O3Se/c23-15-7-11(1-4-18(15)26)14-10-21(12-2-5-19(27)16(24)8-12)29-22(14)13-3-6-20(28)17(25)9-13/h1-10,26-28H. The van der Waals surface area contributed by atoms with Crippen LogP contribution in [0.2, 0.25) is 15.1 Å². The Hall–Kier alpha value is -2.07. The summed E-state index contributed by atoms with van der Waals surface area (Å²) >= 11 is 18.3. The summed E-state index contributed by atoms with van der Waals surface area (Å²) in [4.78, 5) is 0. The molecule has 1 aromatic heterocycles. The van der Waals surface area contributed by atoms with Crippen LogP contribution in [-0.4, -0.2) is 29.8 Å². The van der Waals surface area contributed by atoms with Crippen molar-refractivity contribution in [2.45, 2.75) is 0 Å². The van der Waals surface area contributed by atoms with Gasteiger partial charge in [-0.25, -0.2) is 0 Å². The maximum atomic E-state index is 9.78. The van der Waals surface area contributed by atoms with E-state index >= 15 is 0 Å². The average Bonchev–Trinajstić information content (AvgIpc) is 3.14. The molecule has 0 amide bonds. The third kappa shape index (κ3) is 4.00. The second-order valence-electron chi connectivity index (χ2n) is 6.35. The van der Waals surface area contributed by atoms with Crippen molar-refractivity contribution in [3.05, 3.63) is 75.7 Å². The van der Waals surface area contributed by atoms with Crippen LogP contribution in [0.5, 0.6) is 17.2 Å². The van der Waals surface area contributed by atoms with Crippen molar-refractivity contribution in [1.82, 2.24) is 0 Å². The monoisotopic (exact) mass is 510 g/mol. The Labute approximate surface area is 188 Å². The second kappa shape index (κ2) is 7.98. The summed E-state index contributed by atoms with van der Waals surface area (Å²) in [6, 6.07) is 17.4. The molecule has 0 saturated carbocycles. The van der Waals surface area contributed by atoms with E-state index in [9.17, 15) is 15.3 Å². The molecule has 146 valence electrons. The molecule has 4 aromatic rings. The molecule has 4 rings (SSSR count). The van der Waals surface area contributed by atoms with Crippen LogP contribution in [0.3, 0.4) is 0 Å². The van der Waals surface area contributed by atoms with Crippen LogP contribution in [0.4, 0.5) is 0 Å². The first-order valence-corrected chi connectivity index (χ1v) is 11.3. The zero-order valence-electron chi connectivity index (χ0n) is 14.7. The summed E-state index contributed by atoms with van der Waals surface area (Å²) in [6.07, 6.45) is 0. The van der Waals surface area contributed by atoms with Crippen molar-refractivity contribution in [1.29, 1.82) is 0 Å². The van der Waals surface area contributed by atoms with Gasteiger partial charge in [-0.2, -0.15) is 0 Å². The Bertz CT molecular complexity index is 1170. The van der Waals surface area contributed by atoms with E-state index in [1.807, 2.05) is 12.1 Å². The Morgan fingerprint density at radius 3 is 1.55 bits per heavy atom. The van der Waals surface area contributed by atoms with Gasteiger partial charge in [-0.1, -0.05) is 0 Å². The topological polar surface area (TPSA) is 60.7 Å². The molecule has 0 aliphatic heterocycles. The molecule has 0 fully saturated rings. The molecule has 0 radical (unpaired) electrons. The molecule has 0 bridgehead atoms. The SMILES string of the molecule is Oc1ccc(-c2cc(-c3ccc(O)c(Cl)c3)c(-c3ccc(O)c(Cl)c3)[se]2)cc1Cl. The van der Waals surface area contributed by atoms with Gasteiger partial charge in [0.15, 0.2) is 0 Å². The third-order valence-corrected chi connectivity index (χ3v) is 7.93. The van der Waals surface area contributed by atoms with Crippen LogP contribution < -0.4 is 0 Å². The van der Waals surface area contributed by atoms with Crippen LogP contribution in [0.15, 0.2) is 60.7 Å². The predicted molar refractivity (Wildman–Crippen MR) is 120 cm³/mol. The molecule has 3 N–H and O–H groups in total. The normalized spacial score (nSPS) is 11.0. The van der Waals surface area contributed by atoms with Gasteiger partial charge in [0.25, 0.3) is 0 Å². The van der Waals surface area contributed by atoms with E-state index in [1.165, 1.54) is 0 Å². The third-order valence-electron chi connectivity index (χ3n) is 4.43. The first kappa shape index (κ1) is 20.2. The minimum atomic E-state index is -0.0969. The number of hydrogen-bond donors (Lipinski definition) is 3. The molecule has 3 aromatic carbocycles. The van der Waals surface area contributed by atoms with Gasteiger partial charge in [0.2, 0.25) is 0 Å². The van der Waals surface area contributed by atoms with Crippen molar-refractivity contribution in [2.24, 2.45) is 0 Å². The van der Waals surface area contributed by atoms with Crippen molar-refractivity contribution in [3.8, 4) is 48.4 Å². The van der Waals surface area contributed by atoms with Crippen molar-refractivity contribution < 1.29 is 15.3 Å². The molecular weight excluding hydrogens is 498 g/mol. The molecule has 0 aliphatic carbocycles. The molecule has 0 spiro atoms. The van der Waals surface area contributed by atoms with Crippen LogP contribution >= 0.6 is 34.8 Å². The van der Waals surface area contributed by atoms with Gasteiger partial charge < -0.3 is 0 Å². The summed E-state index contributed by atoms with van der Waals surface area (Å²) in [5, 5.41) is 30.1. The van der Waals surface area contributed by atoms with Crippen LogP contribution in [0.1, 0.15) is 0 Å². The van der Waals surface area contributed by atoms with Gasteiger partial charge in [0, 0.05) is 0 Å². The minimum absolute atomic E-state index is 0.0169. The van der Waals surface area contributed by atoms with E-state index in [0.717, 1.165) is 31.1 Å². The fourth-order valence-electron chi connectivity index (χ4n) is 2.94. The van der Waals surface area contributed by atoms with Gasteiger partial charge in [-0.05, 0) is 0 Å². The predicted octanol–water partition coefficient (Wildman–Crippen LogP) is 6.82. The molecule has 0 atom stereocenters. The Kier molecular flexibility index (Phi) is 5.56. The van der Waals surface area contributed by atoms with Crippen molar-refractivity contribution in [2.75, 3.05) is 0 Å². The molecule has 7 heteroatoms. The summed E-state index contributed by atoms with van der Waals surface area (Å²) in [7, 11) is 0.